The summed E-state index contributed by atoms with van der Waals surface area (Å²) in [5, 5.41) is 4.26. The molecule has 3 rings (SSSR count). The number of nitrogens with zero attached hydrogens (tertiary/aromatic N) is 3. The van der Waals surface area contributed by atoms with Gasteiger partial charge in [-0.3, -0.25) is 9.58 Å². The summed E-state index contributed by atoms with van der Waals surface area (Å²) in [6, 6.07) is 6.82. The number of aromatic nitrogens is 2. The molecule has 0 spiro atoms. The van der Waals surface area contributed by atoms with Gasteiger partial charge in [0.2, 0.25) is 0 Å². The van der Waals surface area contributed by atoms with Crippen LogP contribution in [-0.4, -0.2) is 40.9 Å². The third kappa shape index (κ3) is 3.62. The summed E-state index contributed by atoms with van der Waals surface area (Å²) in [4.78, 5) is 2.42. The number of ether oxygens (including phenoxy) is 1. The molecule has 0 unspecified atom stereocenters. The molecule has 1 saturated heterocycles. The Balaban J connectivity index is 1.67. The topological polar surface area (TPSA) is 30.3 Å². The first-order valence-electron chi connectivity index (χ1n) is 8.07. The molecule has 1 aliphatic heterocycles. The minimum absolute atomic E-state index is 0.184. The van der Waals surface area contributed by atoms with Crippen LogP contribution in [0.15, 0.2) is 36.7 Å². The van der Waals surface area contributed by atoms with Crippen molar-refractivity contribution in [2.45, 2.75) is 25.4 Å². The molecule has 23 heavy (non-hydrogen) atoms. The van der Waals surface area contributed by atoms with Gasteiger partial charge in [-0.25, -0.2) is 4.39 Å². The number of hydrogen-bond donors (Lipinski definition) is 0. The monoisotopic (exact) mass is 317 g/mol. The van der Waals surface area contributed by atoms with Crippen LogP contribution in [0.2, 0.25) is 0 Å². The molecule has 2 heterocycles. The van der Waals surface area contributed by atoms with Gasteiger partial charge in [-0.1, -0.05) is 19.1 Å². The average molecular weight is 317 g/mol. The number of aryl methyl sites for hydroxylation is 1. The number of benzene rings is 1. The van der Waals surface area contributed by atoms with Crippen molar-refractivity contribution in [3.63, 3.8) is 0 Å². The second-order valence-electron chi connectivity index (χ2n) is 6.67. The Labute approximate surface area is 136 Å². The normalized spacial score (nSPS) is 23.8. The van der Waals surface area contributed by atoms with Crippen molar-refractivity contribution >= 4 is 0 Å². The van der Waals surface area contributed by atoms with Crippen molar-refractivity contribution in [3.05, 3.63) is 53.6 Å². The summed E-state index contributed by atoms with van der Waals surface area (Å²) < 4.78 is 20.9. The molecule has 1 aromatic heterocycles. The highest BCUT2D eigenvalue weighted by Crippen LogP contribution is 2.30. The van der Waals surface area contributed by atoms with E-state index in [0.717, 1.165) is 25.2 Å². The second-order valence-corrected chi connectivity index (χ2v) is 6.67. The highest BCUT2D eigenvalue weighted by atomic mass is 19.1. The fourth-order valence-corrected chi connectivity index (χ4v) is 3.26. The van der Waals surface area contributed by atoms with E-state index in [1.807, 2.05) is 36.3 Å². The molecule has 1 aliphatic rings. The van der Waals surface area contributed by atoms with Crippen LogP contribution in [0, 0.1) is 5.82 Å². The van der Waals surface area contributed by atoms with Crippen molar-refractivity contribution < 1.29 is 9.13 Å². The third-order valence-corrected chi connectivity index (χ3v) is 4.64. The van der Waals surface area contributed by atoms with Crippen molar-refractivity contribution in [2.75, 3.05) is 26.2 Å². The molecule has 4 nitrogen and oxygen atoms in total. The Morgan fingerprint density at radius 2 is 2.09 bits per heavy atom. The van der Waals surface area contributed by atoms with E-state index in [1.165, 1.54) is 17.7 Å². The standard InChI is InChI=1S/C18H24FN3O/c1-14(15-4-6-17(19)7-5-15)11-22-8-9-23-18(2,13-22)16-10-20-21(3)12-16/h4-7,10,12,14H,8-9,11,13H2,1-3H3/t14-,18-/m0/s1. The van der Waals surface area contributed by atoms with Gasteiger partial charge in [0, 0.05) is 38.4 Å². The van der Waals surface area contributed by atoms with Crippen LogP contribution in [-0.2, 0) is 17.4 Å². The van der Waals surface area contributed by atoms with Gasteiger partial charge in [0.15, 0.2) is 0 Å². The first-order chi connectivity index (χ1) is 11.0. The smallest absolute Gasteiger partial charge is 0.123 e. The van der Waals surface area contributed by atoms with Crippen molar-refractivity contribution in [1.29, 1.82) is 0 Å². The van der Waals surface area contributed by atoms with E-state index in [-0.39, 0.29) is 11.4 Å². The molecule has 1 aromatic carbocycles. The number of halogens is 1. The zero-order valence-corrected chi connectivity index (χ0v) is 14.0. The highest BCUT2D eigenvalue weighted by Gasteiger charge is 2.35. The van der Waals surface area contributed by atoms with Gasteiger partial charge < -0.3 is 4.74 Å². The molecular formula is C18H24FN3O. The molecule has 0 aliphatic carbocycles. The Kier molecular flexibility index (Phi) is 4.50. The van der Waals surface area contributed by atoms with E-state index in [1.54, 1.807) is 0 Å². The maximum atomic E-state index is 13.1. The predicted molar refractivity (Wildman–Crippen MR) is 87.8 cm³/mol. The summed E-state index contributed by atoms with van der Waals surface area (Å²) in [7, 11) is 1.92. The first-order valence-corrected chi connectivity index (χ1v) is 8.07. The molecule has 124 valence electrons. The lowest BCUT2D eigenvalue weighted by Crippen LogP contribution is -2.49. The summed E-state index contributed by atoms with van der Waals surface area (Å²) in [5.74, 6) is 0.170. The van der Waals surface area contributed by atoms with Crippen LogP contribution >= 0.6 is 0 Å². The number of morpholine rings is 1. The van der Waals surface area contributed by atoms with Gasteiger partial charge in [-0.15, -0.1) is 0 Å². The Morgan fingerprint density at radius 3 is 2.74 bits per heavy atom. The average Bonchev–Trinajstić information content (AvgIpc) is 2.95. The van der Waals surface area contributed by atoms with E-state index >= 15 is 0 Å². The number of rotatable bonds is 4. The van der Waals surface area contributed by atoms with Gasteiger partial charge in [0.25, 0.3) is 0 Å². The molecular weight excluding hydrogens is 293 g/mol. The Hall–Kier alpha value is -1.72. The number of hydrogen-bond acceptors (Lipinski definition) is 3. The zero-order valence-electron chi connectivity index (χ0n) is 14.0. The SMILES string of the molecule is C[C@@H](CN1CCO[C@](C)(c2cnn(C)c2)C1)c1ccc(F)cc1. The molecule has 0 N–H and O–H groups in total. The fraction of sp³-hybridized carbons (Fsp3) is 0.500. The van der Waals surface area contributed by atoms with Crippen molar-refractivity contribution in [3.8, 4) is 0 Å². The molecule has 2 atom stereocenters. The van der Waals surface area contributed by atoms with Crippen molar-refractivity contribution in [1.82, 2.24) is 14.7 Å². The van der Waals surface area contributed by atoms with E-state index < -0.39 is 0 Å². The minimum atomic E-state index is -0.324. The van der Waals surface area contributed by atoms with Gasteiger partial charge >= 0.3 is 0 Å². The molecule has 0 saturated carbocycles. The Bertz CT molecular complexity index is 655. The molecule has 0 radical (unpaired) electrons. The summed E-state index contributed by atoms with van der Waals surface area (Å²) >= 11 is 0. The largest absolute Gasteiger partial charge is 0.368 e. The van der Waals surface area contributed by atoms with E-state index in [0.29, 0.717) is 12.5 Å². The summed E-state index contributed by atoms with van der Waals surface area (Å²) in [6.45, 7) is 7.71. The third-order valence-electron chi connectivity index (χ3n) is 4.64. The van der Waals surface area contributed by atoms with Gasteiger partial charge in [0.05, 0.1) is 12.8 Å². The molecule has 0 amide bonds. The summed E-state index contributed by atoms with van der Waals surface area (Å²) in [5.41, 5.74) is 1.95. The maximum absolute atomic E-state index is 13.1. The first kappa shape index (κ1) is 16.1. The maximum Gasteiger partial charge on any atom is 0.123 e. The van der Waals surface area contributed by atoms with Crippen LogP contribution in [0.4, 0.5) is 4.39 Å². The molecule has 2 aromatic rings. The van der Waals surface area contributed by atoms with Crippen LogP contribution in [0.1, 0.15) is 30.9 Å². The molecule has 1 fully saturated rings. The lowest BCUT2D eigenvalue weighted by molar-refractivity contribution is -0.104. The van der Waals surface area contributed by atoms with Gasteiger partial charge in [-0.2, -0.15) is 5.10 Å². The molecule has 0 bridgehead atoms. The molecule has 5 heteroatoms. The van der Waals surface area contributed by atoms with Crippen molar-refractivity contribution in [2.24, 2.45) is 7.05 Å². The van der Waals surface area contributed by atoms with Crippen LogP contribution < -0.4 is 0 Å². The predicted octanol–water partition coefficient (Wildman–Crippen LogP) is 2.91. The van der Waals surface area contributed by atoms with Crippen LogP contribution in [0.25, 0.3) is 0 Å². The minimum Gasteiger partial charge on any atom is -0.368 e. The van der Waals surface area contributed by atoms with Gasteiger partial charge in [0.1, 0.15) is 11.4 Å². The second kappa shape index (κ2) is 6.42. The lowest BCUT2D eigenvalue weighted by Gasteiger charge is -2.41. The highest BCUT2D eigenvalue weighted by molar-refractivity contribution is 5.21. The van der Waals surface area contributed by atoms with Gasteiger partial charge in [-0.05, 0) is 30.5 Å². The van der Waals surface area contributed by atoms with E-state index in [9.17, 15) is 4.39 Å². The summed E-state index contributed by atoms with van der Waals surface area (Å²) in [6.07, 6.45) is 3.90. The van der Waals surface area contributed by atoms with E-state index in [2.05, 4.69) is 23.8 Å². The van der Waals surface area contributed by atoms with Crippen LogP contribution in [0.3, 0.4) is 0 Å². The Morgan fingerprint density at radius 1 is 1.35 bits per heavy atom. The zero-order chi connectivity index (χ0) is 16.4. The quantitative estimate of drug-likeness (QED) is 0.868. The fourth-order valence-electron chi connectivity index (χ4n) is 3.26. The lowest BCUT2D eigenvalue weighted by atomic mass is 9.95. The van der Waals surface area contributed by atoms with E-state index in [4.69, 9.17) is 4.74 Å². The van der Waals surface area contributed by atoms with Crippen LogP contribution in [0.5, 0.6) is 0 Å².